The lowest BCUT2D eigenvalue weighted by molar-refractivity contribution is 0.0630. The highest BCUT2D eigenvalue weighted by Crippen LogP contribution is 2.25. The van der Waals surface area contributed by atoms with E-state index in [1.807, 2.05) is 6.07 Å². The zero-order valence-corrected chi connectivity index (χ0v) is 11.9. The van der Waals surface area contributed by atoms with Crippen LogP contribution in [0.4, 0.5) is 0 Å². The molecule has 1 aromatic heterocycles. The third-order valence-electron chi connectivity index (χ3n) is 4.12. The monoisotopic (exact) mass is 266 g/mol. The van der Waals surface area contributed by atoms with E-state index >= 15 is 0 Å². The zero-order chi connectivity index (χ0) is 13.5. The second-order valence-corrected chi connectivity index (χ2v) is 5.53. The summed E-state index contributed by atoms with van der Waals surface area (Å²) >= 11 is 0. The third kappa shape index (κ3) is 4.34. The van der Waals surface area contributed by atoms with Gasteiger partial charge in [-0.2, -0.15) is 0 Å². The smallest absolute Gasteiger partial charge is 0.124 e. The molecule has 0 bridgehead atoms. The van der Waals surface area contributed by atoms with Crippen LogP contribution in [-0.4, -0.2) is 13.2 Å². The molecule has 1 aliphatic heterocycles. The van der Waals surface area contributed by atoms with E-state index in [9.17, 15) is 0 Å². The minimum absolute atomic E-state index is 0.143. The Morgan fingerprint density at radius 2 is 2.16 bits per heavy atom. The number of unbranched alkanes of at least 4 members (excludes halogenated alkanes) is 1. The Balaban J connectivity index is 1.67. The summed E-state index contributed by atoms with van der Waals surface area (Å²) in [7, 11) is 0. The quantitative estimate of drug-likeness (QED) is 0.452. The van der Waals surface area contributed by atoms with Crippen molar-refractivity contribution in [1.29, 1.82) is 0 Å². The van der Waals surface area contributed by atoms with Gasteiger partial charge in [0, 0.05) is 13.2 Å². The highest BCUT2D eigenvalue weighted by Gasteiger charge is 2.16. The number of hydrazine groups is 1. The SMILES string of the molecule is Cc1ccoc1C(CCCCC1CCOCC1)NN. The van der Waals surface area contributed by atoms with Crippen molar-refractivity contribution >= 4 is 0 Å². The van der Waals surface area contributed by atoms with Crippen LogP contribution in [0.2, 0.25) is 0 Å². The highest BCUT2D eigenvalue weighted by atomic mass is 16.5. The van der Waals surface area contributed by atoms with Gasteiger partial charge in [0.25, 0.3) is 0 Å². The first-order valence-corrected chi connectivity index (χ1v) is 7.39. The van der Waals surface area contributed by atoms with Gasteiger partial charge in [-0.05, 0) is 43.7 Å². The van der Waals surface area contributed by atoms with Gasteiger partial charge in [-0.25, -0.2) is 5.43 Å². The van der Waals surface area contributed by atoms with E-state index in [2.05, 4.69) is 12.3 Å². The number of hydrogen-bond acceptors (Lipinski definition) is 4. The molecule has 0 aliphatic carbocycles. The third-order valence-corrected chi connectivity index (χ3v) is 4.12. The number of furan rings is 1. The van der Waals surface area contributed by atoms with Crippen molar-refractivity contribution in [2.24, 2.45) is 11.8 Å². The molecule has 19 heavy (non-hydrogen) atoms. The van der Waals surface area contributed by atoms with E-state index in [1.165, 1.54) is 37.7 Å². The average molecular weight is 266 g/mol. The largest absolute Gasteiger partial charge is 0.467 e. The fraction of sp³-hybridized carbons (Fsp3) is 0.733. The Kier molecular flexibility index (Phi) is 5.89. The maximum Gasteiger partial charge on any atom is 0.124 e. The van der Waals surface area contributed by atoms with E-state index in [0.29, 0.717) is 0 Å². The van der Waals surface area contributed by atoms with Crippen LogP contribution in [0.15, 0.2) is 16.7 Å². The summed E-state index contributed by atoms with van der Waals surface area (Å²) in [4.78, 5) is 0. The molecule has 1 aliphatic rings. The molecule has 0 aromatic carbocycles. The average Bonchev–Trinajstić information content (AvgIpc) is 2.86. The zero-order valence-electron chi connectivity index (χ0n) is 11.9. The van der Waals surface area contributed by atoms with Gasteiger partial charge in [0.2, 0.25) is 0 Å². The summed E-state index contributed by atoms with van der Waals surface area (Å²) in [5.41, 5.74) is 4.04. The van der Waals surface area contributed by atoms with E-state index < -0.39 is 0 Å². The molecule has 3 N–H and O–H groups in total. The summed E-state index contributed by atoms with van der Waals surface area (Å²) in [6.45, 7) is 3.96. The van der Waals surface area contributed by atoms with Gasteiger partial charge in [-0.1, -0.05) is 19.3 Å². The molecule has 1 saturated heterocycles. The minimum Gasteiger partial charge on any atom is -0.467 e. The summed E-state index contributed by atoms with van der Waals surface area (Å²) in [6.07, 6.45) is 9.00. The predicted octanol–water partition coefficient (Wildman–Crippen LogP) is 3.08. The minimum atomic E-state index is 0.143. The Morgan fingerprint density at radius 3 is 2.79 bits per heavy atom. The lowest BCUT2D eigenvalue weighted by atomic mass is 9.93. The van der Waals surface area contributed by atoms with Crippen LogP contribution in [0.3, 0.4) is 0 Å². The summed E-state index contributed by atoms with van der Waals surface area (Å²) in [6, 6.07) is 2.13. The molecule has 4 nitrogen and oxygen atoms in total. The Bertz CT molecular complexity index is 359. The van der Waals surface area contributed by atoms with Gasteiger partial charge in [-0.15, -0.1) is 0 Å². The number of ether oxygens (including phenoxy) is 1. The van der Waals surface area contributed by atoms with Gasteiger partial charge in [0.05, 0.1) is 12.3 Å². The van der Waals surface area contributed by atoms with Gasteiger partial charge in [-0.3, -0.25) is 5.84 Å². The van der Waals surface area contributed by atoms with Crippen molar-refractivity contribution in [1.82, 2.24) is 5.43 Å². The molecule has 1 fully saturated rings. The van der Waals surface area contributed by atoms with Crippen LogP contribution in [-0.2, 0) is 4.74 Å². The summed E-state index contributed by atoms with van der Waals surface area (Å²) in [5.74, 6) is 7.48. The normalized spacial score (nSPS) is 18.6. The fourth-order valence-corrected chi connectivity index (χ4v) is 2.85. The maximum atomic E-state index is 5.63. The summed E-state index contributed by atoms with van der Waals surface area (Å²) < 4.78 is 10.9. The van der Waals surface area contributed by atoms with Crippen LogP contribution in [0, 0.1) is 12.8 Å². The van der Waals surface area contributed by atoms with E-state index in [0.717, 1.165) is 31.3 Å². The molecule has 0 saturated carbocycles. The van der Waals surface area contributed by atoms with Crippen LogP contribution in [0.25, 0.3) is 0 Å². The van der Waals surface area contributed by atoms with Gasteiger partial charge >= 0.3 is 0 Å². The van der Waals surface area contributed by atoms with E-state index in [1.54, 1.807) is 6.26 Å². The van der Waals surface area contributed by atoms with Crippen molar-refractivity contribution in [2.75, 3.05) is 13.2 Å². The Hall–Kier alpha value is -0.840. The van der Waals surface area contributed by atoms with Gasteiger partial charge in [0.15, 0.2) is 0 Å². The van der Waals surface area contributed by atoms with Crippen molar-refractivity contribution in [2.45, 2.75) is 51.5 Å². The second kappa shape index (κ2) is 7.68. The van der Waals surface area contributed by atoms with Crippen LogP contribution in [0.5, 0.6) is 0 Å². The van der Waals surface area contributed by atoms with Gasteiger partial charge in [0.1, 0.15) is 5.76 Å². The van der Waals surface area contributed by atoms with E-state index in [-0.39, 0.29) is 6.04 Å². The molecular formula is C15H26N2O2. The fourth-order valence-electron chi connectivity index (χ4n) is 2.85. The molecular weight excluding hydrogens is 240 g/mol. The first kappa shape index (κ1) is 14.6. The Labute approximate surface area is 115 Å². The molecule has 1 unspecified atom stereocenters. The molecule has 1 aromatic rings. The number of nitrogens with one attached hydrogen (secondary N) is 1. The van der Waals surface area contributed by atoms with Crippen molar-refractivity contribution in [3.05, 3.63) is 23.7 Å². The second-order valence-electron chi connectivity index (χ2n) is 5.53. The van der Waals surface area contributed by atoms with Crippen LogP contribution < -0.4 is 11.3 Å². The molecule has 2 heterocycles. The van der Waals surface area contributed by atoms with Crippen molar-refractivity contribution < 1.29 is 9.15 Å². The van der Waals surface area contributed by atoms with Crippen LogP contribution >= 0.6 is 0 Å². The molecule has 0 radical (unpaired) electrons. The molecule has 0 amide bonds. The standard InChI is InChI=1S/C15H26N2O2/c1-12-6-11-19-15(12)14(17-16)5-3-2-4-13-7-9-18-10-8-13/h6,11,13-14,17H,2-5,7-10,16H2,1H3. The predicted molar refractivity (Wildman–Crippen MR) is 75.5 cm³/mol. The number of aryl methyl sites for hydroxylation is 1. The van der Waals surface area contributed by atoms with Crippen LogP contribution in [0.1, 0.15) is 55.9 Å². The summed E-state index contributed by atoms with van der Waals surface area (Å²) in [5, 5.41) is 0. The van der Waals surface area contributed by atoms with Gasteiger partial charge < -0.3 is 9.15 Å². The molecule has 0 spiro atoms. The molecule has 108 valence electrons. The lowest BCUT2D eigenvalue weighted by Gasteiger charge is -2.22. The lowest BCUT2D eigenvalue weighted by Crippen LogP contribution is -2.28. The molecule has 4 heteroatoms. The molecule has 2 rings (SSSR count). The number of rotatable bonds is 7. The molecule has 1 atom stereocenters. The highest BCUT2D eigenvalue weighted by molar-refractivity contribution is 5.17. The number of nitrogens with two attached hydrogens (primary N) is 1. The Morgan fingerprint density at radius 1 is 1.37 bits per heavy atom. The van der Waals surface area contributed by atoms with Crippen molar-refractivity contribution in [3.63, 3.8) is 0 Å². The maximum absolute atomic E-state index is 5.63. The first-order valence-electron chi connectivity index (χ1n) is 7.39. The first-order chi connectivity index (χ1) is 9.31. The topological polar surface area (TPSA) is 60.4 Å². The van der Waals surface area contributed by atoms with Crippen molar-refractivity contribution in [3.8, 4) is 0 Å². The number of hydrogen-bond donors (Lipinski definition) is 2. The van der Waals surface area contributed by atoms with E-state index in [4.69, 9.17) is 15.0 Å².